The van der Waals surface area contributed by atoms with Crippen LogP contribution in [0.15, 0.2) is 79.1 Å². The van der Waals surface area contributed by atoms with Crippen LogP contribution in [0.1, 0.15) is 65.3 Å². The summed E-state index contributed by atoms with van der Waals surface area (Å²) in [5.41, 5.74) is 6.81. The van der Waals surface area contributed by atoms with Gasteiger partial charge in [-0.1, -0.05) is 18.2 Å². The predicted octanol–water partition coefficient (Wildman–Crippen LogP) is 5.31. The van der Waals surface area contributed by atoms with E-state index in [0.717, 1.165) is 97.9 Å². The highest BCUT2D eigenvalue weighted by molar-refractivity contribution is 6.23. The molecule has 2 aromatic heterocycles. The Hall–Kier alpha value is -6.32. The molecule has 11 rings (SSSR count). The van der Waals surface area contributed by atoms with Gasteiger partial charge in [0.25, 0.3) is 11.8 Å². The molecule has 4 amide bonds. The molecule has 5 fully saturated rings. The van der Waals surface area contributed by atoms with Crippen LogP contribution in [0, 0.1) is 5.92 Å². The average Bonchev–Trinajstić information content (AvgIpc) is 4.02. The number of likely N-dealkylation sites (tertiary alicyclic amines) is 1. The number of aromatic nitrogens is 3. The Morgan fingerprint density at radius 3 is 2.30 bits per heavy atom. The van der Waals surface area contributed by atoms with Crippen molar-refractivity contribution in [2.75, 3.05) is 81.1 Å². The van der Waals surface area contributed by atoms with Gasteiger partial charge in [-0.3, -0.25) is 34.3 Å². The third kappa shape index (κ3) is 7.46. The van der Waals surface area contributed by atoms with Crippen LogP contribution in [0.5, 0.6) is 5.75 Å². The minimum atomic E-state index is -0.956. The van der Waals surface area contributed by atoms with E-state index in [-0.39, 0.29) is 18.7 Å². The number of piperazine rings is 1. The molecule has 1 unspecified atom stereocenters. The second-order valence-corrected chi connectivity index (χ2v) is 18.0. The minimum absolute atomic E-state index is 0.105. The molecule has 324 valence electrons. The molecule has 5 aliphatic heterocycles. The summed E-state index contributed by atoms with van der Waals surface area (Å²) < 4.78 is 8.29. The SMILES string of the molecule is COc1cc(N2CCN(C3CCN(CC4CN(c5ccc6c(c5)C(=O)N(C5CCC(=O)NC5=O)C6=O)C4)CC3)CC2)ccc1Nc1nccc(-c2cn(C3CC3)c3ccccc23)n1. The molecule has 1 atom stereocenters. The fourth-order valence-corrected chi connectivity index (χ4v) is 10.5. The lowest BCUT2D eigenvalue weighted by Gasteiger charge is -2.46. The molecular formula is C48H52N10O5. The highest BCUT2D eigenvalue weighted by Gasteiger charge is 2.45. The van der Waals surface area contributed by atoms with Crippen molar-refractivity contribution in [2.24, 2.45) is 5.92 Å². The summed E-state index contributed by atoms with van der Waals surface area (Å²) >= 11 is 0. The standard InChI is InChI=1S/C48H52N10O5/c1-63-43-25-34(9-11-40(43)51-48-49-17-14-39(50-48)38-29-57(32-6-7-32)41-5-3-2-4-35(38)41)55-22-20-54(21-23-55)31-15-18-53(19-16-31)26-30-27-56(28-30)33-8-10-36-37(24-33)47(62)58(46(36)61)42-12-13-44(59)52-45(42)60/h2-5,8-11,14,17,24-25,29-32,42H,6-7,12-13,15-16,18-23,26-28H2,1H3,(H,49,50,51)(H,52,59,60). The van der Waals surface area contributed by atoms with Crippen LogP contribution >= 0.6 is 0 Å². The van der Waals surface area contributed by atoms with E-state index in [2.05, 4.69) is 88.4 Å². The van der Waals surface area contributed by atoms with E-state index in [9.17, 15) is 19.2 Å². The maximum Gasteiger partial charge on any atom is 0.262 e. The zero-order chi connectivity index (χ0) is 42.8. The number of rotatable bonds is 11. The molecule has 4 saturated heterocycles. The van der Waals surface area contributed by atoms with Crippen molar-refractivity contribution in [3.8, 4) is 17.0 Å². The van der Waals surface area contributed by atoms with Crippen molar-refractivity contribution in [1.29, 1.82) is 0 Å². The van der Waals surface area contributed by atoms with Crippen molar-refractivity contribution < 1.29 is 23.9 Å². The first-order chi connectivity index (χ1) is 30.8. The van der Waals surface area contributed by atoms with Crippen LogP contribution in [0.2, 0.25) is 0 Å². The summed E-state index contributed by atoms with van der Waals surface area (Å²) in [6.45, 7) is 9.02. The van der Waals surface area contributed by atoms with Gasteiger partial charge in [0.1, 0.15) is 11.8 Å². The molecule has 2 N–H and O–H groups in total. The smallest absolute Gasteiger partial charge is 0.262 e. The quantitative estimate of drug-likeness (QED) is 0.166. The van der Waals surface area contributed by atoms with E-state index in [0.29, 0.717) is 35.1 Å². The number of methoxy groups -OCH3 is 1. The number of carbonyl (C=O) groups excluding carboxylic acids is 4. The number of carbonyl (C=O) groups is 4. The van der Waals surface area contributed by atoms with E-state index < -0.39 is 23.8 Å². The first-order valence-corrected chi connectivity index (χ1v) is 22.5. The number of amides is 4. The number of fused-ring (bicyclic) bond motifs is 2. The topological polar surface area (TPSA) is 148 Å². The van der Waals surface area contributed by atoms with Crippen molar-refractivity contribution in [2.45, 2.75) is 56.7 Å². The highest BCUT2D eigenvalue weighted by atomic mass is 16.5. The predicted molar refractivity (Wildman–Crippen MR) is 240 cm³/mol. The van der Waals surface area contributed by atoms with Gasteiger partial charge in [0.05, 0.1) is 29.6 Å². The number of nitrogens with zero attached hydrogens (tertiary/aromatic N) is 8. The van der Waals surface area contributed by atoms with Gasteiger partial charge in [-0.05, 0) is 87.7 Å². The Kier molecular flexibility index (Phi) is 10.1. The summed E-state index contributed by atoms with van der Waals surface area (Å²) in [4.78, 5) is 71.1. The number of hydrogen-bond donors (Lipinski definition) is 2. The molecule has 1 saturated carbocycles. The second-order valence-electron chi connectivity index (χ2n) is 18.0. The van der Waals surface area contributed by atoms with Crippen LogP contribution in [0.3, 0.4) is 0 Å². The lowest BCUT2D eigenvalue weighted by Crippen LogP contribution is -2.55. The fourth-order valence-electron chi connectivity index (χ4n) is 10.5. The number of benzene rings is 3. The molecule has 63 heavy (non-hydrogen) atoms. The van der Waals surface area contributed by atoms with Gasteiger partial charge in [-0.15, -0.1) is 0 Å². The molecule has 15 nitrogen and oxygen atoms in total. The molecule has 6 aliphatic rings. The number of imide groups is 2. The first-order valence-electron chi connectivity index (χ1n) is 22.5. The Balaban J connectivity index is 0.646. The lowest BCUT2D eigenvalue weighted by molar-refractivity contribution is -0.136. The molecule has 1 aliphatic carbocycles. The summed E-state index contributed by atoms with van der Waals surface area (Å²) in [6.07, 6.45) is 9.10. The van der Waals surface area contributed by atoms with Gasteiger partial charge in [-0.25, -0.2) is 9.97 Å². The summed E-state index contributed by atoms with van der Waals surface area (Å²) in [5.74, 6) is -0.0768. The Bertz CT molecular complexity index is 2620. The van der Waals surface area contributed by atoms with E-state index >= 15 is 0 Å². The maximum atomic E-state index is 13.3. The lowest BCUT2D eigenvalue weighted by atomic mass is 9.95. The Morgan fingerprint density at radius 2 is 1.52 bits per heavy atom. The van der Waals surface area contributed by atoms with Gasteiger partial charge >= 0.3 is 0 Å². The Morgan fingerprint density at radius 1 is 0.762 bits per heavy atom. The highest BCUT2D eigenvalue weighted by Crippen LogP contribution is 2.41. The molecule has 0 radical (unpaired) electrons. The first kappa shape index (κ1) is 39.5. The van der Waals surface area contributed by atoms with Gasteiger partial charge in [0, 0.05) is 117 Å². The molecule has 7 heterocycles. The average molecular weight is 849 g/mol. The number of nitrogens with one attached hydrogen (secondary N) is 2. The van der Waals surface area contributed by atoms with Gasteiger partial charge in [0.2, 0.25) is 17.8 Å². The van der Waals surface area contributed by atoms with Gasteiger partial charge in [0.15, 0.2) is 0 Å². The molecule has 0 spiro atoms. The molecule has 15 heteroatoms. The summed E-state index contributed by atoms with van der Waals surface area (Å²) in [6, 6.07) is 22.5. The van der Waals surface area contributed by atoms with E-state index in [1.165, 1.54) is 36.6 Å². The third-order valence-corrected chi connectivity index (χ3v) is 14.1. The number of hydrogen-bond acceptors (Lipinski definition) is 12. The van der Waals surface area contributed by atoms with Crippen LogP contribution in [-0.2, 0) is 9.59 Å². The number of piperidine rings is 2. The van der Waals surface area contributed by atoms with Crippen molar-refractivity contribution >= 4 is 57.5 Å². The van der Waals surface area contributed by atoms with Crippen LogP contribution in [0.25, 0.3) is 22.2 Å². The zero-order valence-corrected chi connectivity index (χ0v) is 35.5. The van der Waals surface area contributed by atoms with E-state index in [1.807, 2.05) is 18.3 Å². The second kappa shape index (κ2) is 16.1. The summed E-state index contributed by atoms with van der Waals surface area (Å²) in [7, 11) is 1.71. The van der Waals surface area contributed by atoms with Crippen LogP contribution in [-0.4, -0.2) is 131 Å². The molecule has 5 aromatic rings. The van der Waals surface area contributed by atoms with Crippen LogP contribution in [0.4, 0.5) is 23.0 Å². The van der Waals surface area contributed by atoms with Crippen molar-refractivity contribution in [3.05, 3.63) is 90.3 Å². The van der Waals surface area contributed by atoms with E-state index in [4.69, 9.17) is 9.72 Å². The van der Waals surface area contributed by atoms with Gasteiger partial charge < -0.3 is 29.3 Å². The van der Waals surface area contributed by atoms with Crippen molar-refractivity contribution in [3.63, 3.8) is 0 Å². The molecular weight excluding hydrogens is 797 g/mol. The minimum Gasteiger partial charge on any atom is -0.494 e. The largest absolute Gasteiger partial charge is 0.494 e. The number of ether oxygens (including phenoxy) is 1. The zero-order valence-electron chi connectivity index (χ0n) is 35.5. The van der Waals surface area contributed by atoms with E-state index in [1.54, 1.807) is 19.2 Å². The molecule has 3 aromatic carbocycles. The van der Waals surface area contributed by atoms with Crippen molar-refractivity contribution in [1.82, 2.24) is 34.6 Å². The molecule has 0 bridgehead atoms. The maximum absolute atomic E-state index is 13.3. The summed E-state index contributed by atoms with van der Waals surface area (Å²) in [5, 5.41) is 6.90. The Labute approximate surface area is 366 Å². The van der Waals surface area contributed by atoms with Crippen LogP contribution < -0.4 is 25.2 Å². The monoisotopic (exact) mass is 848 g/mol. The third-order valence-electron chi connectivity index (χ3n) is 14.1. The normalized spacial score (nSPS) is 21.5. The number of para-hydroxylation sites is 1. The fraction of sp³-hybridized carbons (Fsp3) is 0.417. The number of anilines is 4. The van der Waals surface area contributed by atoms with Gasteiger partial charge in [-0.2, -0.15) is 0 Å².